The standard InChI is InChI=1S/C21H25N3O3/c1-13(2)19(25)22-16-7-5-15(6-8-16)21(27)24-18-11-9-17(10-12-18)23-20(26)14(3)4/h5-14H,1-4H3,(H,22,25)(H,23,26)(H,24,27). The van der Waals surface area contributed by atoms with Crippen LogP contribution in [0.5, 0.6) is 0 Å². The van der Waals surface area contributed by atoms with Gasteiger partial charge >= 0.3 is 0 Å². The monoisotopic (exact) mass is 367 g/mol. The van der Waals surface area contributed by atoms with Crippen LogP contribution in [0, 0.1) is 11.8 Å². The number of nitrogens with one attached hydrogen (secondary N) is 3. The summed E-state index contributed by atoms with van der Waals surface area (Å²) in [6, 6.07) is 13.6. The molecular formula is C21H25N3O3. The van der Waals surface area contributed by atoms with Crippen molar-refractivity contribution in [3.63, 3.8) is 0 Å². The van der Waals surface area contributed by atoms with Crippen LogP contribution in [0.15, 0.2) is 48.5 Å². The lowest BCUT2D eigenvalue weighted by Gasteiger charge is -2.10. The van der Waals surface area contributed by atoms with Crippen molar-refractivity contribution in [1.82, 2.24) is 0 Å². The second-order valence-corrected chi connectivity index (χ2v) is 6.90. The van der Waals surface area contributed by atoms with Gasteiger partial charge in [-0.05, 0) is 48.5 Å². The predicted molar refractivity (Wildman–Crippen MR) is 108 cm³/mol. The fraction of sp³-hybridized carbons (Fsp3) is 0.286. The second kappa shape index (κ2) is 8.98. The molecule has 3 N–H and O–H groups in total. The summed E-state index contributed by atoms with van der Waals surface area (Å²) >= 11 is 0. The molecule has 0 radical (unpaired) electrons. The molecule has 0 aliphatic rings. The zero-order chi connectivity index (χ0) is 20.0. The van der Waals surface area contributed by atoms with Gasteiger partial charge in [-0.1, -0.05) is 27.7 Å². The van der Waals surface area contributed by atoms with Gasteiger partial charge in [-0.2, -0.15) is 0 Å². The van der Waals surface area contributed by atoms with Gasteiger partial charge in [0.25, 0.3) is 5.91 Å². The zero-order valence-corrected chi connectivity index (χ0v) is 16.0. The molecule has 0 aromatic heterocycles. The Kier molecular flexibility index (Phi) is 6.71. The molecule has 2 aromatic rings. The van der Waals surface area contributed by atoms with Crippen LogP contribution in [0.1, 0.15) is 38.1 Å². The minimum Gasteiger partial charge on any atom is -0.326 e. The third kappa shape index (κ3) is 5.95. The third-order valence-electron chi connectivity index (χ3n) is 3.87. The number of carbonyl (C=O) groups is 3. The zero-order valence-electron chi connectivity index (χ0n) is 16.0. The molecule has 2 aromatic carbocycles. The van der Waals surface area contributed by atoms with Crippen LogP contribution in [0.2, 0.25) is 0 Å². The van der Waals surface area contributed by atoms with Crippen molar-refractivity contribution in [3.8, 4) is 0 Å². The van der Waals surface area contributed by atoms with Crippen molar-refractivity contribution in [2.75, 3.05) is 16.0 Å². The number of amides is 3. The lowest BCUT2D eigenvalue weighted by molar-refractivity contribution is -0.119. The Balaban J connectivity index is 1.96. The Morgan fingerprint density at radius 2 is 0.926 bits per heavy atom. The van der Waals surface area contributed by atoms with E-state index in [0.717, 1.165) is 0 Å². The maximum absolute atomic E-state index is 12.3. The minimum absolute atomic E-state index is 0.0589. The van der Waals surface area contributed by atoms with Crippen molar-refractivity contribution in [1.29, 1.82) is 0 Å². The molecular weight excluding hydrogens is 342 g/mol. The fourth-order valence-corrected chi connectivity index (χ4v) is 2.12. The molecule has 0 saturated carbocycles. The summed E-state index contributed by atoms with van der Waals surface area (Å²) < 4.78 is 0. The number of benzene rings is 2. The average molecular weight is 367 g/mol. The summed E-state index contributed by atoms with van der Waals surface area (Å²) in [5, 5.41) is 8.38. The summed E-state index contributed by atoms with van der Waals surface area (Å²) in [6.07, 6.45) is 0. The van der Waals surface area contributed by atoms with E-state index in [2.05, 4.69) is 16.0 Å². The highest BCUT2D eigenvalue weighted by molar-refractivity contribution is 6.05. The van der Waals surface area contributed by atoms with Gasteiger partial charge in [0.1, 0.15) is 0 Å². The second-order valence-electron chi connectivity index (χ2n) is 6.90. The minimum atomic E-state index is -0.254. The van der Waals surface area contributed by atoms with Gasteiger partial charge in [0.2, 0.25) is 11.8 Å². The van der Waals surface area contributed by atoms with Gasteiger partial charge < -0.3 is 16.0 Å². The molecule has 6 nitrogen and oxygen atoms in total. The highest BCUT2D eigenvalue weighted by atomic mass is 16.2. The van der Waals surface area contributed by atoms with Gasteiger partial charge in [-0.15, -0.1) is 0 Å². The maximum atomic E-state index is 12.3. The van der Waals surface area contributed by atoms with Crippen LogP contribution >= 0.6 is 0 Å². The first-order valence-electron chi connectivity index (χ1n) is 8.89. The van der Waals surface area contributed by atoms with E-state index in [0.29, 0.717) is 22.6 Å². The third-order valence-corrected chi connectivity index (χ3v) is 3.87. The van der Waals surface area contributed by atoms with Crippen LogP contribution < -0.4 is 16.0 Å². The Morgan fingerprint density at radius 3 is 1.30 bits per heavy atom. The summed E-state index contributed by atoms with van der Waals surface area (Å²) in [4.78, 5) is 35.7. The normalized spacial score (nSPS) is 10.6. The van der Waals surface area contributed by atoms with Crippen LogP contribution in [0.4, 0.5) is 17.1 Å². The number of anilines is 3. The lowest BCUT2D eigenvalue weighted by atomic mass is 10.1. The van der Waals surface area contributed by atoms with Gasteiger partial charge in [-0.3, -0.25) is 14.4 Å². The number of hydrogen-bond acceptors (Lipinski definition) is 3. The number of rotatable bonds is 6. The van der Waals surface area contributed by atoms with Crippen molar-refractivity contribution < 1.29 is 14.4 Å². The number of carbonyl (C=O) groups excluding carboxylic acids is 3. The molecule has 0 bridgehead atoms. The molecule has 0 heterocycles. The van der Waals surface area contributed by atoms with E-state index >= 15 is 0 Å². The first-order valence-corrected chi connectivity index (χ1v) is 8.89. The molecule has 0 spiro atoms. The van der Waals surface area contributed by atoms with E-state index in [4.69, 9.17) is 0 Å². The predicted octanol–water partition coefficient (Wildman–Crippen LogP) is 4.13. The van der Waals surface area contributed by atoms with E-state index in [9.17, 15) is 14.4 Å². The summed E-state index contributed by atoms with van der Waals surface area (Å²) in [6.45, 7) is 7.28. The van der Waals surface area contributed by atoms with Crippen molar-refractivity contribution >= 4 is 34.8 Å². The molecule has 0 aliphatic heterocycles. The fourth-order valence-electron chi connectivity index (χ4n) is 2.12. The van der Waals surface area contributed by atoms with Crippen LogP contribution in [0.25, 0.3) is 0 Å². The molecule has 27 heavy (non-hydrogen) atoms. The first kappa shape index (κ1) is 20.2. The molecule has 3 amide bonds. The lowest BCUT2D eigenvalue weighted by Crippen LogP contribution is -2.18. The van der Waals surface area contributed by atoms with Gasteiger partial charge in [0.05, 0.1) is 0 Å². The smallest absolute Gasteiger partial charge is 0.255 e. The Labute approximate surface area is 159 Å². The van der Waals surface area contributed by atoms with Crippen molar-refractivity contribution in [3.05, 3.63) is 54.1 Å². The molecule has 0 unspecified atom stereocenters. The highest BCUT2D eigenvalue weighted by Crippen LogP contribution is 2.17. The molecule has 0 atom stereocenters. The Morgan fingerprint density at radius 1 is 0.593 bits per heavy atom. The van der Waals surface area contributed by atoms with E-state index in [1.807, 2.05) is 27.7 Å². The molecule has 0 saturated heterocycles. The van der Waals surface area contributed by atoms with Gasteiger partial charge in [-0.25, -0.2) is 0 Å². The van der Waals surface area contributed by atoms with Gasteiger partial charge in [0, 0.05) is 34.5 Å². The van der Waals surface area contributed by atoms with Crippen LogP contribution in [-0.2, 0) is 9.59 Å². The van der Waals surface area contributed by atoms with Gasteiger partial charge in [0.15, 0.2) is 0 Å². The Hall–Kier alpha value is -3.15. The average Bonchev–Trinajstić information content (AvgIpc) is 2.63. The van der Waals surface area contributed by atoms with Crippen LogP contribution in [0.3, 0.4) is 0 Å². The molecule has 0 fully saturated rings. The largest absolute Gasteiger partial charge is 0.326 e. The SMILES string of the molecule is CC(C)C(=O)Nc1ccc(NC(=O)c2ccc(NC(=O)C(C)C)cc2)cc1. The van der Waals surface area contributed by atoms with Crippen LogP contribution in [-0.4, -0.2) is 17.7 Å². The summed E-state index contributed by atoms with van der Waals surface area (Å²) in [5.41, 5.74) is 2.43. The molecule has 142 valence electrons. The maximum Gasteiger partial charge on any atom is 0.255 e. The molecule has 6 heteroatoms. The molecule has 0 aliphatic carbocycles. The summed E-state index contributed by atoms with van der Waals surface area (Å²) in [7, 11) is 0. The molecule has 2 rings (SSSR count). The van der Waals surface area contributed by atoms with Crippen molar-refractivity contribution in [2.45, 2.75) is 27.7 Å². The van der Waals surface area contributed by atoms with E-state index in [1.54, 1.807) is 48.5 Å². The van der Waals surface area contributed by atoms with E-state index in [1.165, 1.54) is 0 Å². The highest BCUT2D eigenvalue weighted by Gasteiger charge is 2.10. The van der Waals surface area contributed by atoms with E-state index < -0.39 is 0 Å². The number of hydrogen-bond donors (Lipinski definition) is 3. The topological polar surface area (TPSA) is 87.3 Å². The quantitative estimate of drug-likeness (QED) is 0.717. The Bertz CT molecular complexity index is 810. The first-order chi connectivity index (χ1) is 12.8. The van der Waals surface area contributed by atoms with E-state index in [-0.39, 0.29) is 29.6 Å². The van der Waals surface area contributed by atoms with Crippen molar-refractivity contribution in [2.24, 2.45) is 11.8 Å². The summed E-state index contributed by atoms with van der Waals surface area (Å²) in [5.74, 6) is -0.595.